The minimum absolute atomic E-state index is 0.486. The fourth-order valence-electron chi connectivity index (χ4n) is 1.58. The van der Waals surface area contributed by atoms with E-state index in [1.54, 1.807) is 25.1 Å². The number of benzene rings is 1. The van der Waals surface area contributed by atoms with Gasteiger partial charge in [0.25, 0.3) is 0 Å². The molecule has 1 aromatic carbocycles. The zero-order valence-corrected chi connectivity index (χ0v) is 10.2. The fourth-order valence-corrected chi connectivity index (χ4v) is 1.76. The van der Waals surface area contributed by atoms with E-state index in [2.05, 4.69) is 10.2 Å². The first-order valence-corrected chi connectivity index (χ1v) is 5.59. The van der Waals surface area contributed by atoms with Gasteiger partial charge in [-0.05, 0) is 24.6 Å². The average Bonchev–Trinajstić information content (AvgIpc) is 2.65. The highest BCUT2D eigenvalue weighted by molar-refractivity contribution is 6.31. The molecule has 6 nitrogen and oxygen atoms in total. The summed E-state index contributed by atoms with van der Waals surface area (Å²) in [5.74, 6) is -2.76. The fraction of sp³-hybridized carbons (Fsp3) is 0.273. The van der Waals surface area contributed by atoms with Crippen molar-refractivity contribution in [3.05, 3.63) is 28.8 Å². The number of rotatable bonds is 2. The van der Waals surface area contributed by atoms with Gasteiger partial charge in [0.1, 0.15) is 0 Å². The van der Waals surface area contributed by atoms with Crippen molar-refractivity contribution < 1.29 is 19.5 Å². The van der Waals surface area contributed by atoms with Crippen LogP contribution in [0.3, 0.4) is 0 Å². The molecule has 1 amide bonds. The predicted octanol–water partition coefficient (Wildman–Crippen LogP) is 0.583. The van der Waals surface area contributed by atoms with E-state index in [1.807, 2.05) is 5.48 Å². The summed E-state index contributed by atoms with van der Waals surface area (Å²) in [6, 6.07) is 5.01. The lowest BCUT2D eigenvalue weighted by molar-refractivity contribution is -0.147. The molecule has 96 valence electrons. The lowest BCUT2D eigenvalue weighted by Crippen LogP contribution is -2.36. The van der Waals surface area contributed by atoms with E-state index in [0.29, 0.717) is 16.3 Å². The maximum absolute atomic E-state index is 11.8. The molecule has 1 fully saturated rings. The number of aliphatic hydroxyl groups is 1. The van der Waals surface area contributed by atoms with E-state index in [1.165, 1.54) is 0 Å². The molecule has 1 aliphatic rings. The van der Waals surface area contributed by atoms with Crippen molar-refractivity contribution in [2.45, 2.75) is 13.2 Å². The number of nitrogens with one attached hydrogen (secondary N) is 2. The number of hydrogen-bond acceptors (Lipinski definition) is 5. The lowest BCUT2D eigenvalue weighted by Gasteiger charge is -2.12. The Bertz CT molecular complexity index is 506. The highest BCUT2D eigenvalue weighted by atomic mass is 35.5. The number of hydrogen-bond donors (Lipinski definition) is 3. The van der Waals surface area contributed by atoms with E-state index in [0.717, 1.165) is 0 Å². The van der Waals surface area contributed by atoms with Crippen molar-refractivity contribution in [1.82, 2.24) is 5.48 Å². The zero-order valence-electron chi connectivity index (χ0n) is 9.44. The molecule has 0 spiro atoms. The van der Waals surface area contributed by atoms with Crippen molar-refractivity contribution in [2.75, 3.05) is 5.32 Å². The van der Waals surface area contributed by atoms with E-state index in [9.17, 15) is 14.7 Å². The molecule has 1 heterocycles. The van der Waals surface area contributed by atoms with Crippen molar-refractivity contribution in [3.8, 4) is 0 Å². The SMILES string of the molecule is Cc1c(Cl)cccc1NC(=O)C1C(=O)ONC1O. The highest BCUT2D eigenvalue weighted by Gasteiger charge is 2.41. The number of amides is 1. The van der Waals surface area contributed by atoms with Crippen LogP contribution in [0.2, 0.25) is 5.02 Å². The van der Waals surface area contributed by atoms with Crippen LogP contribution in [0, 0.1) is 12.8 Å². The Morgan fingerprint density at radius 2 is 2.28 bits per heavy atom. The van der Waals surface area contributed by atoms with Gasteiger partial charge in [0.15, 0.2) is 12.1 Å². The highest BCUT2D eigenvalue weighted by Crippen LogP contribution is 2.24. The van der Waals surface area contributed by atoms with E-state index < -0.39 is 24.0 Å². The smallest absolute Gasteiger partial charge is 0.341 e. The summed E-state index contributed by atoms with van der Waals surface area (Å²) in [6.45, 7) is 1.74. The molecule has 1 saturated heterocycles. The molecule has 2 atom stereocenters. The quantitative estimate of drug-likeness (QED) is 0.685. The molecule has 2 unspecified atom stereocenters. The number of halogens is 1. The maximum Gasteiger partial charge on any atom is 0.341 e. The maximum atomic E-state index is 11.8. The largest absolute Gasteiger partial charge is 0.374 e. The summed E-state index contributed by atoms with van der Waals surface area (Å²) in [5.41, 5.74) is 3.20. The second-order valence-corrected chi connectivity index (χ2v) is 4.27. The van der Waals surface area contributed by atoms with Gasteiger partial charge in [0.05, 0.1) is 0 Å². The molecule has 0 saturated carbocycles. The number of carbonyl (C=O) groups is 2. The Morgan fingerprint density at radius 3 is 2.89 bits per heavy atom. The Morgan fingerprint density at radius 1 is 1.56 bits per heavy atom. The van der Waals surface area contributed by atoms with E-state index >= 15 is 0 Å². The Labute approximate surface area is 108 Å². The van der Waals surface area contributed by atoms with Crippen LogP contribution in [0.15, 0.2) is 18.2 Å². The van der Waals surface area contributed by atoms with E-state index in [4.69, 9.17) is 11.6 Å². The predicted molar refractivity (Wildman–Crippen MR) is 63.5 cm³/mol. The lowest BCUT2D eigenvalue weighted by atomic mass is 10.1. The van der Waals surface area contributed by atoms with Crippen LogP contribution in [-0.4, -0.2) is 23.2 Å². The molecule has 0 bridgehead atoms. The molecule has 1 aliphatic heterocycles. The standard InChI is InChI=1S/C11H11ClN2O4/c1-5-6(12)3-2-4-7(5)13-9(15)8-10(16)14-18-11(8)17/h2-4,8,10,14,16H,1H3,(H,13,15). The minimum atomic E-state index is -1.35. The molecule has 0 aromatic heterocycles. The second-order valence-electron chi connectivity index (χ2n) is 3.86. The molecule has 2 rings (SSSR count). The van der Waals surface area contributed by atoms with Crippen LogP contribution in [0.25, 0.3) is 0 Å². The molecule has 0 radical (unpaired) electrons. The zero-order chi connectivity index (χ0) is 13.3. The first-order valence-electron chi connectivity index (χ1n) is 5.21. The van der Waals surface area contributed by atoms with Crippen LogP contribution in [0.1, 0.15) is 5.56 Å². The van der Waals surface area contributed by atoms with Gasteiger partial charge < -0.3 is 15.3 Å². The number of anilines is 1. The van der Waals surface area contributed by atoms with Crippen LogP contribution < -0.4 is 10.8 Å². The van der Waals surface area contributed by atoms with Crippen LogP contribution in [0.4, 0.5) is 5.69 Å². The van der Waals surface area contributed by atoms with Crippen molar-refractivity contribution in [2.24, 2.45) is 5.92 Å². The average molecular weight is 271 g/mol. The molecule has 7 heteroatoms. The number of carbonyl (C=O) groups excluding carboxylic acids is 2. The summed E-state index contributed by atoms with van der Waals surface area (Å²) in [5, 5.41) is 12.4. The third kappa shape index (κ3) is 2.31. The van der Waals surface area contributed by atoms with Gasteiger partial charge in [-0.2, -0.15) is 0 Å². The van der Waals surface area contributed by atoms with Gasteiger partial charge in [-0.15, -0.1) is 5.48 Å². The summed E-state index contributed by atoms with van der Waals surface area (Å²) in [4.78, 5) is 27.4. The molecule has 0 aliphatic carbocycles. The Kier molecular flexibility index (Phi) is 3.51. The summed E-state index contributed by atoms with van der Waals surface area (Å²) >= 11 is 5.91. The summed E-state index contributed by atoms with van der Waals surface area (Å²) in [7, 11) is 0. The topological polar surface area (TPSA) is 87.7 Å². The minimum Gasteiger partial charge on any atom is -0.374 e. The number of hydroxylamine groups is 1. The normalized spacial score (nSPS) is 22.7. The van der Waals surface area contributed by atoms with Gasteiger partial charge in [-0.1, -0.05) is 17.7 Å². The van der Waals surface area contributed by atoms with Crippen molar-refractivity contribution in [1.29, 1.82) is 0 Å². The second kappa shape index (κ2) is 4.93. The van der Waals surface area contributed by atoms with E-state index in [-0.39, 0.29) is 0 Å². The summed E-state index contributed by atoms with van der Waals surface area (Å²) in [6.07, 6.45) is -1.35. The Balaban J connectivity index is 2.16. The molecule has 18 heavy (non-hydrogen) atoms. The summed E-state index contributed by atoms with van der Waals surface area (Å²) < 4.78 is 0. The van der Waals surface area contributed by atoms with Crippen LogP contribution in [-0.2, 0) is 14.4 Å². The number of aliphatic hydroxyl groups excluding tert-OH is 1. The molecular formula is C11H11ClN2O4. The van der Waals surface area contributed by atoms with Gasteiger partial charge in [-0.3, -0.25) is 4.79 Å². The van der Waals surface area contributed by atoms with Gasteiger partial charge >= 0.3 is 5.97 Å². The van der Waals surface area contributed by atoms with Crippen LogP contribution >= 0.6 is 11.6 Å². The van der Waals surface area contributed by atoms with Crippen molar-refractivity contribution >= 4 is 29.2 Å². The third-order valence-electron chi connectivity index (χ3n) is 2.66. The monoisotopic (exact) mass is 270 g/mol. The van der Waals surface area contributed by atoms with Crippen LogP contribution in [0.5, 0.6) is 0 Å². The molecule has 3 N–H and O–H groups in total. The molecule has 1 aromatic rings. The molecular weight excluding hydrogens is 260 g/mol. The van der Waals surface area contributed by atoms with Gasteiger partial charge in [0, 0.05) is 10.7 Å². The first kappa shape index (κ1) is 12.8. The third-order valence-corrected chi connectivity index (χ3v) is 3.07. The van der Waals surface area contributed by atoms with Crippen molar-refractivity contribution in [3.63, 3.8) is 0 Å². The first-order chi connectivity index (χ1) is 8.50. The van der Waals surface area contributed by atoms with Gasteiger partial charge in [-0.25, -0.2) is 4.79 Å². The van der Waals surface area contributed by atoms with Gasteiger partial charge in [0.2, 0.25) is 5.91 Å². The Hall–Kier alpha value is -1.63.